The molecule has 3 aromatic carbocycles. The molecule has 0 spiro atoms. The van der Waals surface area contributed by atoms with E-state index in [-0.39, 0.29) is 17.6 Å². The molecule has 0 unspecified atom stereocenters. The lowest BCUT2D eigenvalue weighted by Gasteiger charge is -2.05. The number of benzene rings is 3. The molecule has 2 N–H and O–H groups in total. The van der Waals surface area contributed by atoms with Crippen LogP contribution in [-0.2, 0) is 4.79 Å². The summed E-state index contributed by atoms with van der Waals surface area (Å²) in [6.07, 6.45) is 2.00. The average molecular weight is 537 g/mol. The van der Waals surface area contributed by atoms with Gasteiger partial charge in [-0.3, -0.25) is 9.59 Å². The minimum Gasteiger partial charge on any atom is -0.325 e. The number of nitrogens with zero attached hydrogens (tertiary/aromatic N) is 2. The second-order valence-electron chi connectivity index (χ2n) is 7.69. The van der Waals surface area contributed by atoms with E-state index in [2.05, 4.69) is 20.6 Å². The van der Waals surface area contributed by atoms with Gasteiger partial charge in [0, 0.05) is 16.9 Å². The molecule has 6 nitrogen and oxygen atoms in total. The topological polar surface area (TPSA) is 84.0 Å². The Morgan fingerprint density at radius 2 is 1.51 bits per heavy atom. The number of amides is 2. The molecule has 176 valence electrons. The van der Waals surface area contributed by atoms with Gasteiger partial charge < -0.3 is 10.6 Å². The molecule has 0 saturated heterocycles. The van der Waals surface area contributed by atoms with Crippen molar-refractivity contribution in [2.24, 2.45) is 0 Å². The second-order valence-corrected chi connectivity index (χ2v) is 12.0. The Morgan fingerprint density at radius 3 is 2.20 bits per heavy atom. The van der Waals surface area contributed by atoms with E-state index >= 15 is 0 Å². The summed E-state index contributed by atoms with van der Waals surface area (Å²) in [7, 11) is 0. The lowest BCUT2D eigenvalue weighted by molar-refractivity contribution is -0.113. The highest BCUT2D eigenvalue weighted by Gasteiger charge is 2.12. The highest BCUT2D eigenvalue weighted by Crippen LogP contribution is 2.32. The summed E-state index contributed by atoms with van der Waals surface area (Å²) in [4.78, 5) is 34.2. The largest absolute Gasteiger partial charge is 0.325 e. The van der Waals surface area contributed by atoms with Gasteiger partial charge in [-0.05, 0) is 61.7 Å². The Kier molecular flexibility index (Phi) is 7.05. The van der Waals surface area contributed by atoms with Crippen LogP contribution in [0.3, 0.4) is 0 Å². The molecule has 5 aromatic rings. The van der Waals surface area contributed by atoms with Crippen LogP contribution in [0.1, 0.15) is 15.9 Å². The Morgan fingerprint density at radius 1 is 0.857 bits per heavy atom. The van der Waals surface area contributed by atoms with Crippen molar-refractivity contribution in [1.29, 1.82) is 0 Å². The van der Waals surface area contributed by atoms with Crippen LogP contribution in [0.5, 0.6) is 0 Å². The molecule has 0 aliphatic rings. The number of anilines is 2. The fraction of sp³-hybridized carbons (Fsp3) is 0.120. The smallest absolute Gasteiger partial charge is 0.255 e. The van der Waals surface area contributed by atoms with E-state index < -0.39 is 0 Å². The molecule has 0 bridgehead atoms. The fourth-order valence-electron chi connectivity index (χ4n) is 3.43. The molecule has 5 rings (SSSR count). The zero-order valence-electron chi connectivity index (χ0n) is 18.8. The maximum absolute atomic E-state index is 12.5. The number of rotatable bonds is 7. The monoisotopic (exact) mass is 536 g/mol. The number of nitrogens with one attached hydrogen (secondary N) is 2. The summed E-state index contributed by atoms with van der Waals surface area (Å²) >= 11 is 6.13. The van der Waals surface area contributed by atoms with Crippen LogP contribution in [0.2, 0.25) is 0 Å². The van der Waals surface area contributed by atoms with Gasteiger partial charge in [-0.25, -0.2) is 9.97 Å². The molecule has 0 aliphatic heterocycles. The van der Waals surface area contributed by atoms with Crippen molar-refractivity contribution in [3.63, 3.8) is 0 Å². The predicted octanol–water partition coefficient (Wildman–Crippen LogP) is 6.92. The van der Waals surface area contributed by atoms with Crippen LogP contribution in [0.25, 0.3) is 20.4 Å². The Balaban J connectivity index is 1.21. The lowest BCUT2D eigenvalue weighted by atomic mass is 10.1. The first-order valence-electron chi connectivity index (χ1n) is 10.6. The molecule has 0 fully saturated rings. The Hall–Kier alpha value is -2.92. The van der Waals surface area contributed by atoms with Crippen molar-refractivity contribution in [3.8, 4) is 0 Å². The highest BCUT2D eigenvalue weighted by atomic mass is 32.2. The molecular weight excluding hydrogens is 517 g/mol. The van der Waals surface area contributed by atoms with Gasteiger partial charge >= 0.3 is 0 Å². The molecule has 0 aliphatic carbocycles. The minimum absolute atomic E-state index is 0.0886. The van der Waals surface area contributed by atoms with E-state index in [1.165, 1.54) is 23.1 Å². The SMILES string of the molecule is CSc1nc2ccc(NC(=O)CSc3nc4ccc(NC(=O)c5cccc(C)c5)cc4s3)cc2s1. The predicted molar refractivity (Wildman–Crippen MR) is 150 cm³/mol. The number of aryl methyl sites for hydroxylation is 1. The van der Waals surface area contributed by atoms with E-state index in [1.54, 1.807) is 29.2 Å². The zero-order chi connectivity index (χ0) is 24.4. The number of carbonyl (C=O) groups is 2. The van der Waals surface area contributed by atoms with E-state index in [9.17, 15) is 9.59 Å². The highest BCUT2D eigenvalue weighted by molar-refractivity contribution is 8.01. The number of fused-ring (bicyclic) bond motifs is 2. The molecular formula is C25H20N4O2S4. The van der Waals surface area contributed by atoms with Gasteiger partial charge in [0.1, 0.15) is 0 Å². The number of carbonyl (C=O) groups excluding carboxylic acids is 2. The van der Waals surface area contributed by atoms with Crippen LogP contribution >= 0.6 is 46.2 Å². The summed E-state index contributed by atoms with van der Waals surface area (Å²) in [6.45, 7) is 1.96. The van der Waals surface area contributed by atoms with E-state index in [0.717, 1.165) is 40.4 Å². The van der Waals surface area contributed by atoms with E-state index in [1.807, 2.05) is 67.8 Å². The Labute approximate surface area is 218 Å². The quantitative estimate of drug-likeness (QED) is 0.220. The van der Waals surface area contributed by atoms with Crippen molar-refractivity contribution in [2.45, 2.75) is 15.6 Å². The first-order chi connectivity index (χ1) is 17.0. The number of aromatic nitrogens is 2. The summed E-state index contributed by atoms with van der Waals surface area (Å²) < 4.78 is 3.82. The van der Waals surface area contributed by atoms with Gasteiger partial charge in [0.05, 0.1) is 26.2 Å². The van der Waals surface area contributed by atoms with Gasteiger partial charge in [-0.15, -0.1) is 22.7 Å². The maximum atomic E-state index is 12.5. The molecule has 35 heavy (non-hydrogen) atoms. The van der Waals surface area contributed by atoms with Crippen LogP contribution in [0.4, 0.5) is 11.4 Å². The fourth-order valence-corrected chi connectivity index (χ4v) is 6.86. The van der Waals surface area contributed by atoms with Crippen LogP contribution in [0, 0.1) is 6.92 Å². The van der Waals surface area contributed by atoms with E-state index in [0.29, 0.717) is 11.3 Å². The third kappa shape index (κ3) is 5.67. The third-order valence-electron chi connectivity index (χ3n) is 5.06. The summed E-state index contributed by atoms with van der Waals surface area (Å²) in [5.74, 6) is 0.0208. The van der Waals surface area contributed by atoms with Crippen LogP contribution in [-0.4, -0.2) is 33.8 Å². The van der Waals surface area contributed by atoms with Gasteiger partial charge in [-0.2, -0.15) is 0 Å². The lowest BCUT2D eigenvalue weighted by Crippen LogP contribution is -2.13. The zero-order valence-corrected chi connectivity index (χ0v) is 22.1. The second kappa shape index (κ2) is 10.4. The first kappa shape index (κ1) is 23.8. The van der Waals surface area contributed by atoms with Crippen LogP contribution in [0.15, 0.2) is 69.3 Å². The van der Waals surface area contributed by atoms with Gasteiger partial charge in [0.2, 0.25) is 5.91 Å². The summed E-state index contributed by atoms with van der Waals surface area (Å²) in [6, 6.07) is 18.9. The number of hydrogen-bond acceptors (Lipinski definition) is 8. The number of hydrogen-bond donors (Lipinski definition) is 2. The molecule has 2 heterocycles. The Bertz CT molecular complexity index is 1560. The molecule has 2 aromatic heterocycles. The van der Waals surface area contributed by atoms with Crippen molar-refractivity contribution >= 4 is 89.8 Å². The standard InChI is InChI=1S/C25H20N4O2S4/c1-14-4-3-5-15(10-14)23(31)27-17-7-9-19-21(12-17)35-25(29-19)33-13-22(30)26-16-6-8-18-20(11-16)34-24(28-18)32-2/h3-12H,13H2,1-2H3,(H,26,30)(H,27,31). The summed E-state index contributed by atoms with van der Waals surface area (Å²) in [5.41, 5.74) is 4.91. The van der Waals surface area contributed by atoms with Crippen molar-refractivity contribution in [3.05, 3.63) is 71.8 Å². The van der Waals surface area contributed by atoms with Gasteiger partial charge in [0.25, 0.3) is 5.91 Å². The number of thiazole rings is 2. The molecule has 10 heteroatoms. The van der Waals surface area contributed by atoms with Crippen molar-refractivity contribution in [2.75, 3.05) is 22.6 Å². The third-order valence-corrected chi connectivity index (χ3v) is 9.23. The number of thioether (sulfide) groups is 2. The average Bonchev–Trinajstić information content (AvgIpc) is 3.45. The molecule has 2 amide bonds. The van der Waals surface area contributed by atoms with Crippen LogP contribution < -0.4 is 10.6 Å². The van der Waals surface area contributed by atoms with Gasteiger partial charge in [0.15, 0.2) is 8.68 Å². The molecule has 0 saturated carbocycles. The minimum atomic E-state index is -0.148. The van der Waals surface area contributed by atoms with Gasteiger partial charge in [-0.1, -0.05) is 41.2 Å². The first-order valence-corrected chi connectivity index (χ1v) is 14.5. The maximum Gasteiger partial charge on any atom is 0.255 e. The molecule has 0 atom stereocenters. The molecule has 0 radical (unpaired) electrons. The van der Waals surface area contributed by atoms with E-state index in [4.69, 9.17) is 0 Å². The normalized spacial score (nSPS) is 11.1. The summed E-state index contributed by atoms with van der Waals surface area (Å²) in [5, 5.41) is 5.90. The van der Waals surface area contributed by atoms with Crippen molar-refractivity contribution in [1.82, 2.24) is 9.97 Å². The van der Waals surface area contributed by atoms with Crippen molar-refractivity contribution < 1.29 is 9.59 Å².